The van der Waals surface area contributed by atoms with Gasteiger partial charge in [0, 0.05) is 21.8 Å². The van der Waals surface area contributed by atoms with E-state index in [1.807, 2.05) is 0 Å². The van der Waals surface area contributed by atoms with Crippen molar-refractivity contribution in [3.63, 3.8) is 0 Å². The first-order chi connectivity index (χ1) is 18.8. The van der Waals surface area contributed by atoms with E-state index in [1.165, 1.54) is 70.8 Å². The van der Waals surface area contributed by atoms with E-state index in [2.05, 4.69) is 145 Å². The van der Waals surface area contributed by atoms with Gasteiger partial charge in [0.2, 0.25) is 0 Å². The number of anilines is 3. The van der Waals surface area contributed by atoms with Crippen molar-refractivity contribution in [3.8, 4) is 0 Å². The standard InChI is InChI=1S/C37H25N/c1-24-13-19-30(20-14-24)38(37-31-11-4-2-7-28(31)23-29-8-3-5-12-32(29)37)34-22-18-27-16-15-25-9-6-10-26-17-21-33(34)36(27)35(25)26/h2-23H,1H3. The lowest BCUT2D eigenvalue weighted by Gasteiger charge is -2.30. The van der Waals surface area contributed by atoms with Crippen LogP contribution in [0.1, 0.15) is 5.56 Å². The quantitative estimate of drug-likeness (QED) is 0.178. The zero-order chi connectivity index (χ0) is 25.2. The van der Waals surface area contributed by atoms with Gasteiger partial charge in [-0.05, 0) is 68.9 Å². The highest BCUT2D eigenvalue weighted by Gasteiger charge is 2.22. The summed E-state index contributed by atoms with van der Waals surface area (Å²) in [5.41, 5.74) is 4.83. The summed E-state index contributed by atoms with van der Waals surface area (Å²) >= 11 is 0. The summed E-state index contributed by atoms with van der Waals surface area (Å²) in [6.45, 7) is 2.15. The minimum absolute atomic E-state index is 1.16. The number of hydrogen-bond donors (Lipinski definition) is 0. The third-order valence-electron chi connectivity index (χ3n) is 8.01. The molecule has 38 heavy (non-hydrogen) atoms. The van der Waals surface area contributed by atoms with Crippen LogP contribution in [0.5, 0.6) is 0 Å². The first kappa shape index (κ1) is 21.2. The molecule has 0 spiro atoms. The van der Waals surface area contributed by atoms with Crippen molar-refractivity contribution < 1.29 is 0 Å². The molecule has 178 valence electrons. The fourth-order valence-corrected chi connectivity index (χ4v) is 6.23. The third kappa shape index (κ3) is 3.06. The van der Waals surface area contributed by atoms with Gasteiger partial charge < -0.3 is 4.90 Å². The van der Waals surface area contributed by atoms with Crippen LogP contribution in [0.4, 0.5) is 17.1 Å². The number of benzene rings is 8. The normalized spacial score (nSPS) is 11.8. The Morgan fingerprint density at radius 1 is 0.421 bits per heavy atom. The largest absolute Gasteiger partial charge is 0.309 e. The topological polar surface area (TPSA) is 3.24 Å². The minimum Gasteiger partial charge on any atom is -0.309 e. The molecule has 0 aliphatic rings. The first-order valence-corrected chi connectivity index (χ1v) is 13.2. The van der Waals surface area contributed by atoms with Gasteiger partial charge in [0.15, 0.2) is 0 Å². The van der Waals surface area contributed by atoms with Gasteiger partial charge in [-0.1, -0.05) is 115 Å². The molecule has 0 N–H and O–H groups in total. The molecule has 1 nitrogen and oxygen atoms in total. The molecule has 0 saturated carbocycles. The van der Waals surface area contributed by atoms with Crippen LogP contribution in [0.15, 0.2) is 133 Å². The van der Waals surface area contributed by atoms with Crippen molar-refractivity contribution in [1.82, 2.24) is 0 Å². The molecule has 0 heterocycles. The zero-order valence-electron chi connectivity index (χ0n) is 21.1. The fraction of sp³-hybridized carbons (Fsp3) is 0.0270. The Balaban J connectivity index is 1.55. The SMILES string of the molecule is Cc1ccc(N(c2c3ccccc3cc3ccccc23)c2ccc3ccc4cccc5ccc2c3c45)cc1. The van der Waals surface area contributed by atoms with Crippen LogP contribution in [0.3, 0.4) is 0 Å². The second-order valence-electron chi connectivity index (χ2n) is 10.3. The highest BCUT2D eigenvalue weighted by molar-refractivity contribution is 6.26. The van der Waals surface area contributed by atoms with Crippen molar-refractivity contribution in [1.29, 1.82) is 0 Å². The maximum Gasteiger partial charge on any atom is 0.0618 e. The van der Waals surface area contributed by atoms with E-state index in [1.54, 1.807) is 0 Å². The van der Waals surface area contributed by atoms with E-state index in [0.717, 1.165) is 5.69 Å². The van der Waals surface area contributed by atoms with Crippen LogP contribution < -0.4 is 4.90 Å². The van der Waals surface area contributed by atoms with E-state index < -0.39 is 0 Å². The number of fused-ring (bicyclic) bond motifs is 2. The predicted octanol–water partition coefficient (Wildman–Crippen LogP) is 10.7. The number of rotatable bonds is 3. The van der Waals surface area contributed by atoms with Crippen molar-refractivity contribution in [2.45, 2.75) is 6.92 Å². The highest BCUT2D eigenvalue weighted by atomic mass is 15.1. The van der Waals surface area contributed by atoms with Gasteiger partial charge in [-0.3, -0.25) is 0 Å². The molecular weight excluding hydrogens is 458 g/mol. The van der Waals surface area contributed by atoms with Crippen molar-refractivity contribution in [2.75, 3.05) is 4.90 Å². The average Bonchev–Trinajstić information content (AvgIpc) is 2.97. The van der Waals surface area contributed by atoms with Crippen LogP contribution in [0, 0.1) is 6.92 Å². The summed E-state index contributed by atoms with van der Waals surface area (Å²) in [7, 11) is 0. The molecule has 8 aromatic rings. The summed E-state index contributed by atoms with van der Waals surface area (Å²) in [5.74, 6) is 0. The lowest BCUT2D eigenvalue weighted by Crippen LogP contribution is -2.12. The second-order valence-corrected chi connectivity index (χ2v) is 10.3. The molecule has 0 aliphatic carbocycles. The van der Waals surface area contributed by atoms with Gasteiger partial charge in [0.1, 0.15) is 0 Å². The van der Waals surface area contributed by atoms with Gasteiger partial charge in [-0.25, -0.2) is 0 Å². The summed E-state index contributed by atoms with van der Waals surface area (Å²) in [4.78, 5) is 2.48. The fourth-order valence-electron chi connectivity index (χ4n) is 6.23. The molecule has 0 amide bonds. The Kier molecular flexibility index (Phi) is 4.50. The van der Waals surface area contributed by atoms with Crippen LogP contribution >= 0.6 is 0 Å². The maximum absolute atomic E-state index is 2.48. The Morgan fingerprint density at radius 3 is 1.66 bits per heavy atom. The molecule has 0 saturated heterocycles. The van der Waals surface area contributed by atoms with Gasteiger partial charge in [-0.2, -0.15) is 0 Å². The van der Waals surface area contributed by atoms with Crippen molar-refractivity contribution in [3.05, 3.63) is 139 Å². The van der Waals surface area contributed by atoms with Crippen LogP contribution in [0.25, 0.3) is 53.9 Å². The van der Waals surface area contributed by atoms with Crippen molar-refractivity contribution >= 4 is 70.9 Å². The molecule has 0 unspecified atom stereocenters. The first-order valence-electron chi connectivity index (χ1n) is 13.2. The molecule has 8 rings (SSSR count). The Morgan fingerprint density at radius 2 is 0.974 bits per heavy atom. The van der Waals surface area contributed by atoms with Gasteiger partial charge in [0.05, 0.1) is 11.4 Å². The molecular formula is C37H25N. The summed E-state index contributed by atoms with van der Waals surface area (Å²) in [5, 5.41) is 12.8. The Hall–Kier alpha value is -4.88. The summed E-state index contributed by atoms with van der Waals surface area (Å²) in [6, 6.07) is 49.1. The van der Waals surface area contributed by atoms with E-state index in [-0.39, 0.29) is 0 Å². The van der Waals surface area contributed by atoms with Crippen molar-refractivity contribution in [2.24, 2.45) is 0 Å². The van der Waals surface area contributed by atoms with E-state index in [9.17, 15) is 0 Å². The maximum atomic E-state index is 2.48. The highest BCUT2D eigenvalue weighted by Crippen LogP contribution is 2.47. The molecule has 0 aliphatic heterocycles. The summed E-state index contributed by atoms with van der Waals surface area (Å²) < 4.78 is 0. The lowest BCUT2D eigenvalue weighted by molar-refractivity contribution is 1.31. The minimum atomic E-state index is 1.16. The summed E-state index contributed by atoms with van der Waals surface area (Å²) in [6.07, 6.45) is 0. The van der Waals surface area contributed by atoms with E-state index in [4.69, 9.17) is 0 Å². The van der Waals surface area contributed by atoms with E-state index >= 15 is 0 Å². The number of hydrogen-bond acceptors (Lipinski definition) is 1. The van der Waals surface area contributed by atoms with Crippen LogP contribution in [-0.4, -0.2) is 0 Å². The molecule has 0 fully saturated rings. The third-order valence-corrected chi connectivity index (χ3v) is 8.01. The average molecular weight is 484 g/mol. The zero-order valence-corrected chi connectivity index (χ0v) is 21.1. The van der Waals surface area contributed by atoms with Gasteiger partial charge in [-0.15, -0.1) is 0 Å². The molecule has 0 bridgehead atoms. The lowest BCUT2D eigenvalue weighted by atomic mass is 9.92. The molecule has 0 atom stereocenters. The molecule has 0 radical (unpaired) electrons. The van der Waals surface area contributed by atoms with E-state index in [0.29, 0.717) is 0 Å². The second kappa shape index (κ2) is 8.06. The van der Waals surface area contributed by atoms with Crippen LogP contribution in [-0.2, 0) is 0 Å². The Labute approximate surface area is 221 Å². The molecule has 0 aromatic heterocycles. The predicted molar refractivity (Wildman–Crippen MR) is 165 cm³/mol. The van der Waals surface area contributed by atoms with Crippen LogP contribution in [0.2, 0.25) is 0 Å². The number of nitrogens with zero attached hydrogens (tertiary/aromatic N) is 1. The Bertz CT molecular complexity index is 2070. The molecule has 8 aromatic carbocycles. The molecule has 1 heteroatoms. The van der Waals surface area contributed by atoms with Gasteiger partial charge in [0.25, 0.3) is 0 Å². The van der Waals surface area contributed by atoms with Gasteiger partial charge >= 0.3 is 0 Å². The number of aryl methyl sites for hydroxylation is 1. The smallest absolute Gasteiger partial charge is 0.0618 e. The monoisotopic (exact) mass is 483 g/mol.